The van der Waals surface area contributed by atoms with Crippen LogP contribution in [0, 0.1) is 6.92 Å². The van der Waals surface area contributed by atoms with Gasteiger partial charge in [0.05, 0.1) is 0 Å². The highest BCUT2D eigenvalue weighted by Gasteiger charge is 2.19. The van der Waals surface area contributed by atoms with Crippen LogP contribution in [0.4, 0.5) is 11.5 Å². The Morgan fingerprint density at radius 3 is 2.59 bits per heavy atom. The molecule has 0 unspecified atom stereocenters. The number of carbonyl (C=O) groups is 1. The fraction of sp³-hybridized carbons (Fsp3) is 0.208. The molecule has 146 valence electrons. The zero-order chi connectivity index (χ0) is 20.2. The standard InChI is InChI=1S/C24H24N4O/c1-17-11-14-28(23-5-3-4-12-26-23)16-22(17)19-6-8-20(9-7-19)27-24(29)21-10-13-25-15-18(21)2/h3-10,12-13,15H,11,14,16H2,1-2H3,(H,27,29). The molecule has 29 heavy (non-hydrogen) atoms. The van der Waals surface area contributed by atoms with E-state index < -0.39 is 0 Å². The van der Waals surface area contributed by atoms with E-state index >= 15 is 0 Å². The second-order valence-corrected chi connectivity index (χ2v) is 7.34. The molecule has 1 aliphatic heterocycles. The van der Waals surface area contributed by atoms with Gasteiger partial charge in [-0.1, -0.05) is 23.8 Å². The van der Waals surface area contributed by atoms with E-state index in [2.05, 4.69) is 45.3 Å². The molecule has 5 nitrogen and oxygen atoms in total. The average Bonchev–Trinajstić information content (AvgIpc) is 2.76. The van der Waals surface area contributed by atoms with Gasteiger partial charge in [-0.15, -0.1) is 0 Å². The maximum Gasteiger partial charge on any atom is 0.256 e. The lowest BCUT2D eigenvalue weighted by Crippen LogP contribution is -2.31. The van der Waals surface area contributed by atoms with Crippen LogP contribution in [0.25, 0.3) is 5.57 Å². The van der Waals surface area contributed by atoms with Crippen LogP contribution in [0.1, 0.15) is 34.8 Å². The quantitative estimate of drug-likeness (QED) is 0.707. The van der Waals surface area contributed by atoms with E-state index in [1.807, 2.05) is 37.4 Å². The molecule has 0 saturated heterocycles. The molecule has 3 heterocycles. The summed E-state index contributed by atoms with van der Waals surface area (Å²) in [6.45, 7) is 5.90. The van der Waals surface area contributed by atoms with Crippen molar-refractivity contribution in [2.45, 2.75) is 20.3 Å². The molecule has 0 spiro atoms. The van der Waals surface area contributed by atoms with Gasteiger partial charge in [0, 0.05) is 42.9 Å². The third-order valence-corrected chi connectivity index (χ3v) is 5.35. The van der Waals surface area contributed by atoms with Gasteiger partial charge < -0.3 is 10.2 Å². The summed E-state index contributed by atoms with van der Waals surface area (Å²) < 4.78 is 0. The Bertz CT molecular complexity index is 1040. The predicted molar refractivity (Wildman–Crippen MR) is 117 cm³/mol. The van der Waals surface area contributed by atoms with Crippen LogP contribution in [-0.2, 0) is 0 Å². The van der Waals surface area contributed by atoms with E-state index in [4.69, 9.17) is 0 Å². The molecule has 0 aliphatic carbocycles. The summed E-state index contributed by atoms with van der Waals surface area (Å²) in [5.41, 5.74) is 6.19. The second-order valence-electron chi connectivity index (χ2n) is 7.34. The van der Waals surface area contributed by atoms with E-state index in [0.717, 1.165) is 36.6 Å². The van der Waals surface area contributed by atoms with Crippen LogP contribution >= 0.6 is 0 Å². The van der Waals surface area contributed by atoms with Crippen LogP contribution in [0.3, 0.4) is 0 Å². The topological polar surface area (TPSA) is 58.1 Å². The third kappa shape index (κ3) is 4.19. The van der Waals surface area contributed by atoms with Gasteiger partial charge in [-0.2, -0.15) is 0 Å². The first-order chi connectivity index (χ1) is 14.1. The van der Waals surface area contributed by atoms with Crippen molar-refractivity contribution in [3.63, 3.8) is 0 Å². The highest BCUT2D eigenvalue weighted by atomic mass is 16.1. The number of nitrogens with one attached hydrogen (secondary N) is 1. The first kappa shape index (κ1) is 18.9. The lowest BCUT2D eigenvalue weighted by atomic mass is 9.94. The highest BCUT2D eigenvalue weighted by Crippen LogP contribution is 2.29. The number of benzene rings is 1. The van der Waals surface area contributed by atoms with Crippen LogP contribution < -0.4 is 10.2 Å². The van der Waals surface area contributed by atoms with Gasteiger partial charge in [0.2, 0.25) is 0 Å². The number of hydrogen-bond donors (Lipinski definition) is 1. The number of amides is 1. The molecule has 3 aromatic rings. The molecule has 4 rings (SSSR count). The van der Waals surface area contributed by atoms with Gasteiger partial charge in [0.15, 0.2) is 0 Å². The van der Waals surface area contributed by atoms with Crippen molar-refractivity contribution in [2.24, 2.45) is 0 Å². The SMILES string of the molecule is CC1=C(c2ccc(NC(=O)c3ccncc3C)cc2)CN(c2ccccn2)CC1. The minimum absolute atomic E-state index is 0.118. The monoisotopic (exact) mass is 384 g/mol. The molecule has 0 radical (unpaired) electrons. The molecule has 1 aromatic carbocycles. The highest BCUT2D eigenvalue weighted by molar-refractivity contribution is 6.05. The van der Waals surface area contributed by atoms with Crippen LogP contribution in [-0.4, -0.2) is 29.0 Å². The van der Waals surface area contributed by atoms with Crippen LogP contribution in [0.2, 0.25) is 0 Å². The Kier molecular flexibility index (Phi) is 5.38. The zero-order valence-electron chi connectivity index (χ0n) is 16.7. The zero-order valence-corrected chi connectivity index (χ0v) is 16.7. The van der Waals surface area contributed by atoms with Gasteiger partial charge in [0.1, 0.15) is 5.82 Å². The maximum absolute atomic E-state index is 12.5. The Labute approximate surface area is 171 Å². The summed E-state index contributed by atoms with van der Waals surface area (Å²) in [5.74, 6) is 0.890. The van der Waals surface area contributed by atoms with Gasteiger partial charge >= 0.3 is 0 Å². The van der Waals surface area contributed by atoms with Crippen molar-refractivity contribution in [1.29, 1.82) is 0 Å². The van der Waals surface area contributed by atoms with Gasteiger partial charge in [0.25, 0.3) is 5.91 Å². The first-order valence-electron chi connectivity index (χ1n) is 9.79. The first-order valence-corrected chi connectivity index (χ1v) is 9.79. The fourth-order valence-electron chi connectivity index (χ4n) is 3.61. The smallest absolute Gasteiger partial charge is 0.256 e. The van der Waals surface area contributed by atoms with E-state index in [0.29, 0.717) is 5.56 Å². The van der Waals surface area contributed by atoms with Gasteiger partial charge in [-0.05, 0) is 67.3 Å². The molecule has 1 N–H and O–H groups in total. The third-order valence-electron chi connectivity index (χ3n) is 5.35. The summed E-state index contributed by atoms with van der Waals surface area (Å²) in [5, 5.41) is 2.97. The molecule has 0 fully saturated rings. The number of rotatable bonds is 4. The Morgan fingerprint density at radius 1 is 1.03 bits per heavy atom. The predicted octanol–water partition coefficient (Wildman–Crippen LogP) is 4.72. The number of pyridine rings is 2. The Hall–Kier alpha value is -3.47. The van der Waals surface area contributed by atoms with Crippen molar-refractivity contribution in [3.05, 3.63) is 89.4 Å². The minimum Gasteiger partial charge on any atom is -0.352 e. The number of nitrogens with zero attached hydrogens (tertiary/aromatic N) is 3. The van der Waals surface area contributed by atoms with Crippen molar-refractivity contribution in [1.82, 2.24) is 9.97 Å². The lowest BCUT2D eigenvalue weighted by molar-refractivity contribution is 0.102. The van der Waals surface area contributed by atoms with E-state index in [-0.39, 0.29) is 5.91 Å². The van der Waals surface area contributed by atoms with E-state index in [1.165, 1.54) is 16.7 Å². The van der Waals surface area contributed by atoms with Crippen molar-refractivity contribution in [2.75, 3.05) is 23.3 Å². The number of hydrogen-bond acceptors (Lipinski definition) is 4. The molecule has 1 amide bonds. The number of carbonyl (C=O) groups excluding carboxylic acids is 1. The Balaban J connectivity index is 1.50. The van der Waals surface area contributed by atoms with Crippen molar-refractivity contribution in [3.8, 4) is 0 Å². The molecule has 0 atom stereocenters. The lowest BCUT2D eigenvalue weighted by Gasteiger charge is -2.31. The molecule has 0 saturated carbocycles. The minimum atomic E-state index is -0.118. The largest absolute Gasteiger partial charge is 0.352 e. The Morgan fingerprint density at radius 2 is 1.86 bits per heavy atom. The molecular formula is C24H24N4O. The molecule has 0 bridgehead atoms. The number of aryl methyl sites for hydroxylation is 1. The van der Waals surface area contributed by atoms with E-state index in [9.17, 15) is 4.79 Å². The van der Waals surface area contributed by atoms with Gasteiger partial charge in [-0.3, -0.25) is 9.78 Å². The number of aromatic nitrogens is 2. The molecule has 1 aliphatic rings. The van der Waals surface area contributed by atoms with Crippen LogP contribution in [0.5, 0.6) is 0 Å². The summed E-state index contributed by atoms with van der Waals surface area (Å²) in [4.78, 5) is 23.4. The maximum atomic E-state index is 12.5. The summed E-state index contributed by atoms with van der Waals surface area (Å²) in [6, 6.07) is 15.8. The van der Waals surface area contributed by atoms with Crippen molar-refractivity contribution < 1.29 is 4.79 Å². The summed E-state index contributed by atoms with van der Waals surface area (Å²) in [6.07, 6.45) is 6.19. The number of anilines is 2. The second kappa shape index (κ2) is 8.27. The normalized spacial score (nSPS) is 14.1. The molecular weight excluding hydrogens is 360 g/mol. The van der Waals surface area contributed by atoms with Crippen LogP contribution in [0.15, 0.2) is 72.7 Å². The molecule has 5 heteroatoms. The molecule has 2 aromatic heterocycles. The summed E-state index contributed by atoms with van der Waals surface area (Å²) in [7, 11) is 0. The summed E-state index contributed by atoms with van der Waals surface area (Å²) >= 11 is 0. The van der Waals surface area contributed by atoms with Crippen molar-refractivity contribution >= 4 is 23.0 Å². The fourth-order valence-corrected chi connectivity index (χ4v) is 3.61. The van der Waals surface area contributed by atoms with E-state index in [1.54, 1.807) is 18.5 Å². The average molecular weight is 384 g/mol. The van der Waals surface area contributed by atoms with Gasteiger partial charge in [-0.25, -0.2) is 4.98 Å².